The van der Waals surface area contributed by atoms with Crippen LogP contribution in [0.5, 0.6) is 0 Å². The standard InChI is InChI=1S/C20H39NO4.C19H37NO4.H2O12S.H2O12/c1-4-5-6-7-8-9-10-11-12-13-16-25-19(24)14-15-21-20(17(2)22)18(3)23;1-3-4-5-6-7-8-9-10-11-12-15-24-19(23)13-14-20-18(16-21)17(2)22;1-5-7-9-11-13(3,4)12-10-8-6-2;1-3-5-7-9-11-12-10-8-6-4-2/h17,20-22H,4-16H2,1-3H3;18,20-21H,3-16H2,1-2H3;1-2H;1-2H/i/hT. The molecular formula is C39H80N2O32S. The van der Waals surface area contributed by atoms with Crippen LogP contribution < -0.4 is 10.6 Å². The normalized spacial score (nSPS) is 12.4. The molecule has 0 aromatic carbocycles. The van der Waals surface area contributed by atoms with Crippen LogP contribution in [0.25, 0.3) is 1.43 Å². The van der Waals surface area contributed by atoms with Crippen LogP contribution >= 0.6 is 0 Å². The van der Waals surface area contributed by atoms with E-state index in [0.29, 0.717) is 26.3 Å². The number of ether oxygens (including phenoxy) is 2. The lowest BCUT2D eigenvalue weighted by Gasteiger charge is -2.18. The van der Waals surface area contributed by atoms with Crippen molar-refractivity contribution in [2.75, 3.05) is 32.9 Å². The Morgan fingerprint density at radius 3 is 1.16 bits per heavy atom. The van der Waals surface area contributed by atoms with Crippen LogP contribution in [0.4, 0.5) is 0 Å². The molecule has 0 saturated heterocycles. The second kappa shape index (κ2) is 62.7. The van der Waals surface area contributed by atoms with Gasteiger partial charge in [0.1, 0.15) is 11.6 Å². The van der Waals surface area contributed by atoms with E-state index in [1.807, 2.05) is 0 Å². The number of nitrogens with one attached hydrogen (secondary N) is 2. The summed E-state index contributed by atoms with van der Waals surface area (Å²) in [6.45, 7) is 10.3. The number of carbonyl (C=O) groups is 4. The largest absolute Gasteiger partial charge is 0.466 e. The number of hydrogen-bond acceptors (Lipinski definition) is 34. The molecule has 0 bridgehead atoms. The number of ketones is 2. The molecule has 0 aliphatic heterocycles. The van der Waals surface area contributed by atoms with Crippen LogP contribution in [0.15, 0.2) is 0 Å². The Morgan fingerprint density at radius 1 is 0.500 bits per heavy atom. The lowest BCUT2D eigenvalue weighted by Crippen LogP contribution is -2.44. The maximum atomic E-state index is 11.6. The number of rotatable bonds is 52. The molecule has 0 saturated carbocycles. The van der Waals surface area contributed by atoms with E-state index in [1.165, 1.54) is 117 Å². The number of aliphatic hydroxyl groups excluding tert-OH is 2. The topological polar surface area (TPSA) is 432 Å². The summed E-state index contributed by atoms with van der Waals surface area (Å²) in [5.74, 6) is -0.764. The third-order valence-corrected chi connectivity index (χ3v) is 9.56. The van der Waals surface area contributed by atoms with Gasteiger partial charge in [-0.1, -0.05) is 129 Å². The number of esters is 2. The van der Waals surface area contributed by atoms with Gasteiger partial charge in [0, 0.05) is 13.1 Å². The molecule has 35 heteroatoms. The number of Topliss-reactive ketones (excluding diaryl/α,β-unsaturated/α-hetero) is 2. The van der Waals surface area contributed by atoms with Crippen molar-refractivity contribution in [1.82, 2.24) is 10.6 Å². The van der Waals surface area contributed by atoms with E-state index in [9.17, 15) is 32.7 Å². The van der Waals surface area contributed by atoms with Crippen molar-refractivity contribution in [1.29, 1.82) is 1.43 Å². The van der Waals surface area contributed by atoms with Crippen LogP contribution in [0.1, 0.15) is 176 Å². The highest BCUT2D eigenvalue weighted by Crippen LogP contribution is 2.12. The first-order valence-corrected chi connectivity index (χ1v) is 24.9. The molecule has 0 rings (SSSR count). The minimum atomic E-state index is -4.80. The molecule has 34 nitrogen and oxygen atoms in total. The summed E-state index contributed by atoms with van der Waals surface area (Å²) in [6, 6.07) is -1.20. The SMILES string of the molecule is CCCCCCCCCCCCOC(=O)CCNC(C(C)=O)C(C)O.CCCCCCCCCCCCOC(=O)CCNC(CO)C(C)=O.O=S(=O)(OOOOO)OOOOO.[3H]OOOOOOOOOOOO. The van der Waals surface area contributed by atoms with Crippen molar-refractivity contribution >= 4 is 33.9 Å². The summed E-state index contributed by atoms with van der Waals surface area (Å²) in [7, 11) is -4.80. The summed E-state index contributed by atoms with van der Waals surface area (Å²) in [4.78, 5) is 45.6. The monoisotopic (exact) mass is 1120 g/mol. The summed E-state index contributed by atoms with van der Waals surface area (Å²) >= 11 is 0. The third-order valence-electron chi connectivity index (χ3n) is 9.12. The highest BCUT2D eigenvalue weighted by atomic mass is 32.3. The second-order valence-electron chi connectivity index (χ2n) is 15.0. The molecule has 0 spiro atoms. The Morgan fingerprint density at radius 2 is 0.838 bits per heavy atom. The molecule has 74 heavy (non-hydrogen) atoms. The molecule has 3 atom stereocenters. The van der Waals surface area contributed by atoms with Crippen molar-refractivity contribution in [2.24, 2.45) is 0 Å². The van der Waals surface area contributed by atoms with Crippen molar-refractivity contribution in [3.05, 3.63) is 0 Å². The first-order valence-electron chi connectivity index (χ1n) is 24.0. The number of hydrogen-bond donors (Lipinski definition) is 8. The number of aliphatic hydroxyl groups is 2. The Kier molecular flexibility index (Phi) is 63.9. The zero-order valence-electron chi connectivity index (χ0n) is 43.5. The van der Waals surface area contributed by atoms with Crippen molar-refractivity contribution in [3.63, 3.8) is 0 Å². The van der Waals surface area contributed by atoms with E-state index in [2.05, 4.69) is 119 Å². The second-order valence-corrected chi connectivity index (χ2v) is 16.1. The van der Waals surface area contributed by atoms with Gasteiger partial charge in [-0.15, -0.1) is 0 Å². The quantitative estimate of drug-likeness (QED) is 0.0166. The van der Waals surface area contributed by atoms with Gasteiger partial charge in [-0.25, -0.2) is 21.0 Å². The van der Waals surface area contributed by atoms with Gasteiger partial charge in [-0.2, -0.15) is 8.42 Å². The average molecular weight is 1120 g/mol. The van der Waals surface area contributed by atoms with E-state index in [-0.39, 0.29) is 43.0 Å². The van der Waals surface area contributed by atoms with E-state index in [0.717, 1.165) is 25.7 Å². The molecule has 444 valence electrons. The fourth-order valence-electron chi connectivity index (χ4n) is 5.58. The zero-order chi connectivity index (χ0) is 56.9. The van der Waals surface area contributed by atoms with E-state index in [1.54, 1.807) is 6.92 Å². The minimum absolute atomic E-state index is 0.128. The van der Waals surface area contributed by atoms with Gasteiger partial charge >= 0.3 is 22.3 Å². The Labute approximate surface area is 430 Å². The van der Waals surface area contributed by atoms with Gasteiger partial charge in [-0.05, 0) is 123 Å². The molecule has 0 amide bonds. The first-order chi connectivity index (χ1) is 36.1. The lowest BCUT2D eigenvalue weighted by atomic mass is 10.1. The smallest absolute Gasteiger partial charge is 0.457 e. The van der Waals surface area contributed by atoms with Gasteiger partial charge in [0.15, 0.2) is 0 Å². The summed E-state index contributed by atoms with van der Waals surface area (Å²) in [5.41, 5.74) is 0. The Hall–Kier alpha value is -2.81. The molecule has 0 aliphatic carbocycles. The first kappa shape index (κ1) is 75.4. The third kappa shape index (κ3) is 65.3. The van der Waals surface area contributed by atoms with Crippen molar-refractivity contribution in [2.45, 2.75) is 194 Å². The molecule has 3 unspecified atom stereocenters. The van der Waals surface area contributed by atoms with Crippen molar-refractivity contribution in [3.8, 4) is 0 Å². The van der Waals surface area contributed by atoms with Gasteiger partial charge in [0.25, 0.3) is 1.43 Å². The summed E-state index contributed by atoms with van der Waals surface area (Å²) in [6.07, 6.45) is 24.8. The maximum Gasteiger partial charge on any atom is 0.457 e. The average Bonchev–Trinajstić information content (AvgIpc) is 3.37. The Bertz CT molecular complexity index is 1330. The summed E-state index contributed by atoms with van der Waals surface area (Å²) in [5, 5.41) is 101. The fourth-order valence-corrected chi connectivity index (χ4v) is 5.79. The molecule has 8 N–H and O–H groups in total. The predicted octanol–water partition coefficient (Wildman–Crippen LogP) is 5.28. The number of unbranched alkanes of at least 4 members (excludes halogenated alkanes) is 18. The zero-order valence-corrected chi connectivity index (χ0v) is 43.3. The minimum Gasteiger partial charge on any atom is -0.466 e. The predicted molar refractivity (Wildman–Crippen MR) is 238 cm³/mol. The molecule has 0 heterocycles. The maximum absolute atomic E-state index is 11.6. The van der Waals surface area contributed by atoms with Gasteiger partial charge in [-0.3, -0.25) is 19.2 Å². The van der Waals surface area contributed by atoms with Gasteiger partial charge in [0.05, 0.1) is 50.8 Å². The highest BCUT2D eigenvalue weighted by molar-refractivity contribution is 7.81. The van der Waals surface area contributed by atoms with Gasteiger partial charge in [0.2, 0.25) is 0 Å². The van der Waals surface area contributed by atoms with Gasteiger partial charge < -0.3 is 30.3 Å². The van der Waals surface area contributed by atoms with E-state index < -0.39 is 28.6 Å². The molecular weight excluding hydrogens is 1040 g/mol. The molecule has 0 aromatic heterocycles. The molecule has 0 aliphatic rings. The van der Waals surface area contributed by atoms with Crippen LogP contribution in [0.2, 0.25) is 0 Å². The van der Waals surface area contributed by atoms with Crippen molar-refractivity contribution < 1.29 is 158 Å². The molecule has 0 fully saturated rings. The fraction of sp³-hybridized carbons (Fsp3) is 0.897. The number of carbonyl (C=O) groups excluding carboxylic acids is 4. The van der Waals surface area contributed by atoms with E-state index >= 15 is 0 Å². The Balaban J connectivity index is -0.000000468. The summed E-state index contributed by atoms with van der Waals surface area (Å²) < 4.78 is 43.1. The molecule has 0 radical (unpaired) electrons. The highest BCUT2D eigenvalue weighted by Gasteiger charge is 2.20. The molecule has 0 aromatic rings. The van der Waals surface area contributed by atoms with Crippen LogP contribution in [-0.2, 0) is 128 Å². The van der Waals surface area contributed by atoms with E-state index in [4.69, 9.17) is 31.8 Å². The van der Waals surface area contributed by atoms with Crippen LogP contribution in [0, 0.1) is 0 Å². The lowest BCUT2D eigenvalue weighted by molar-refractivity contribution is -0.862. The van der Waals surface area contributed by atoms with Crippen LogP contribution in [-0.4, -0.2) is 114 Å². The van der Waals surface area contributed by atoms with Crippen LogP contribution in [0.3, 0.4) is 0 Å².